The van der Waals surface area contributed by atoms with Gasteiger partial charge in [0, 0.05) is 10.7 Å². The molecule has 1 heterocycles. The zero-order chi connectivity index (χ0) is 15.6. The van der Waals surface area contributed by atoms with Gasteiger partial charge in [0.05, 0.1) is 0 Å². The molecule has 0 atom stereocenters. The van der Waals surface area contributed by atoms with E-state index < -0.39 is 5.97 Å². The van der Waals surface area contributed by atoms with E-state index in [9.17, 15) is 9.90 Å². The summed E-state index contributed by atoms with van der Waals surface area (Å²) < 4.78 is 5.68. The minimum atomic E-state index is -1.06. The summed E-state index contributed by atoms with van der Waals surface area (Å²) in [4.78, 5) is 15.6. The molecule has 0 spiro atoms. The van der Waals surface area contributed by atoms with E-state index in [4.69, 9.17) is 16.3 Å². The molecule has 4 nitrogen and oxygen atoms in total. The van der Waals surface area contributed by atoms with Crippen LogP contribution in [0.15, 0.2) is 24.3 Å². The summed E-state index contributed by atoms with van der Waals surface area (Å²) in [7, 11) is 0. The number of rotatable bonds is 4. The Morgan fingerprint density at radius 2 is 2.05 bits per heavy atom. The zero-order valence-corrected chi connectivity index (χ0v) is 12.9. The molecule has 1 N–H and O–H groups in total. The first-order valence-electron chi connectivity index (χ1n) is 6.60. The molecule has 1 aromatic carbocycles. The number of aromatic carboxylic acids is 1. The molecule has 0 saturated carbocycles. The van der Waals surface area contributed by atoms with Crippen molar-refractivity contribution >= 4 is 17.6 Å². The second kappa shape index (κ2) is 6.14. The van der Waals surface area contributed by atoms with Crippen molar-refractivity contribution in [3.63, 3.8) is 0 Å². The average molecular weight is 306 g/mol. The Hall–Kier alpha value is -2.07. The number of halogens is 1. The fourth-order valence-electron chi connectivity index (χ4n) is 2.13. The summed E-state index contributed by atoms with van der Waals surface area (Å²) in [5, 5.41) is 9.98. The van der Waals surface area contributed by atoms with E-state index >= 15 is 0 Å². The van der Waals surface area contributed by atoms with Gasteiger partial charge in [0.25, 0.3) is 0 Å². The van der Waals surface area contributed by atoms with Crippen molar-refractivity contribution in [3.05, 3.63) is 51.7 Å². The Morgan fingerprint density at radius 1 is 1.33 bits per heavy atom. The normalized spacial score (nSPS) is 10.5. The Morgan fingerprint density at radius 3 is 2.67 bits per heavy atom. The highest BCUT2D eigenvalue weighted by molar-refractivity contribution is 6.31. The molecule has 0 bridgehead atoms. The summed E-state index contributed by atoms with van der Waals surface area (Å²) in [6.45, 7) is 5.51. The standard InChI is InChI=1S/C16H16ClNO3/c1-4-11-8-12(5-6-13(11)17)21-15-14(16(19)20)9(2)7-10(3)18-15/h5-8H,4H2,1-3H3,(H,19,20). The fourth-order valence-corrected chi connectivity index (χ4v) is 2.38. The number of hydrogen-bond acceptors (Lipinski definition) is 3. The van der Waals surface area contributed by atoms with Gasteiger partial charge in [-0.1, -0.05) is 18.5 Å². The molecule has 0 fully saturated rings. The average Bonchev–Trinajstić information content (AvgIpc) is 2.39. The van der Waals surface area contributed by atoms with Crippen molar-refractivity contribution in [2.24, 2.45) is 0 Å². The number of aryl methyl sites for hydroxylation is 3. The quantitative estimate of drug-likeness (QED) is 0.909. The van der Waals surface area contributed by atoms with Crippen LogP contribution in [0.5, 0.6) is 11.6 Å². The summed E-state index contributed by atoms with van der Waals surface area (Å²) in [5.41, 5.74) is 2.34. The molecule has 2 aromatic rings. The number of ether oxygens (including phenoxy) is 1. The van der Waals surface area contributed by atoms with Crippen molar-refractivity contribution in [1.82, 2.24) is 4.98 Å². The maximum Gasteiger partial charge on any atom is 0.341 e. The molecule has 2 rings (SSSR count). The second-order valence-electron chi connectivity index (χ2n) is 4.77. The van der Waals surface area contributed by atoms with E-state index in [1.54, 1.807) is 38.1 Å². The highest BCUT2D eigenvalue weighted by Gasteiger charge is 2.18. The zero-order valence-electron chi connectivity index (χ0n) is 12.1. The molecule has 21 heavy (non-hydrogen) atoms. The van der Waals surface area contributed by atoms with Gasteiger partial charge in [-0.05, 0) is 55.7 Å². The molecule has 0 radical (unpaired) electrons. The van der Waals surface area contributed by atoms with Crippen LogP contribution in [0.3, 0.4) is 0 Å². The van der Waals surface area contributed by atoms with Gasteiger partial charge in [-0.3, -0.25) is 0 Å². The number of carbonyl (C=O) groups is 1. The van der Waals surface area contributed by atoms with Gasteiger partial charge in [-0.15, -0.1) is 0 Å². The van der Waals surface area contributed by atoms with Crippen molar-refractivity contribution in [2.75, 3.05) is 0 Å². The number of nitrogens with zero attached hydrogens (tertiary/aromatic N) is 1. The van der Waals surface area contributed by atoms with Crippen LogP contribution >= 0.6 is 11.6 Å². The van der Waals surface area contributed by atoms with E-state index in [2.05, 4.69) is 4.98 Å². The monoisotopic (exact) mass is 305 g/mol. The highest BCUT2D eigenvalue weighted by atomic mass is 35.5. The molecule has 0 aliphatic rings. The van der Waals surface area contributed by atoms with E-state index in [1.807, 2.05) is 6.92 Å². The Bertz CT molecular complexity index is 698. The van der Waals surface area contributed by atoms with Crippen LogP contribution in [0.25, 0.3) is 0 Å². The first kappa shape index (κ1) is 15.3. The molecule has 5 heteroatoms. The summed E-state index contributed by atoms with van der Waals surface area (Å²) in [6.07, 6.45) is 0.766. The SMILES string of the molecule is CCc1cc(Oc2nc(C)cc(C)c2C(=O)O)ccc1Cl. The van der Waals surface area contributed by atoms with Gasteiger partial charge in [0.1, 0.15) is 11.3 Å². The maximum absolute atomic E-state index is 11.4. The highest BCUT2D eigenvalue weighted by Crippen LogP contribution is 2.29. The second-order valence-corrected chi connectivity index (χ2v) is 5.18. The van der Waals surface area contributed by atoms with Crippen LogP contribution < -0.4 is 4.74 Å². The third-order valence-corrected chi connectivity index (χ3v) is 3.51. The molecule has 1 aromatic heterocycles. The predicted molar refractivity (Wildman–Crippen MR) is 81.6 cm³/mol. The van der Waals surface area contributed by atoms with Gasteiger partial charge >= 0.3 is 5.97 Å². The number of carboxylic acids is 1. The summed E-state index contributed by atoms with van der Waals surface area (Å²) in [5.74, 6) is -0.430. The molecular formula is C16H16ClNO3. The smallest absolute Gasteiger partial charge is 0.341 e. The van der Waals surface area contributed by atoms with E-state index in [0.717, 1.165) is 12.0 Å². The lowest BCUT2D eigenvalue weighted by Crippen LogP contribution is -2.06. The number of hydrogen-bond donors (Lipinski definition) is 1. The molecule has 0 aliphatic heterocycles. The van der Waals surface area contributed by atoms with Crippen LogP contribution in [-0.2, 0) is 6.42 Å². The predicted octanol–water partition coefficient (Wildman–Crippen LogP) is 4.40. The number of pyridine rings is 1. The number of aromatic nitrogens is 1. The van der Waals surface area contributed by atoms with Gasteiger partial charge in [0.15, 0.2) is 0 Å². The Labute approximate surface area is 128 Å². The van der Waals surface area contributed by atoms with Crippen LogP contribution in [0.2, 0.25) is 5.02 Å². The minimum absolute atomic E-state index is 0.0774. The third-order valence-electron chi connectivity index (χ3n) is 3.14. The Kier molecular flexibility index (Phi) is 4.48. The van der Waals surface area contributed by atoms with E-state index in [1.165, 1.54) is 0 Å². The lowest BCUT2D eigenvalue weighted by molar-refractivity contribution is 0.0692. The lowest BCUT2D eigenvalue weighted by atomic mass is 10.1. The topological polar surface area (TPSA) is 59.4 Å². The molecular weight excluding hydrogens is 290 g/mol. The van der Waals surface area contributed by atoms with Gasteiger partial charge in [0.2, 0.25) is 5.88 Å². The van der Waals surface area contributed by atoms with Crippen LogP contribution in [-0.4, -0.2) is 16.1 Å². The fraction of sp³-hybridized carbons (Fsp3) is 0.250. The third kappa shape index (κ3) is 3.34. The van der Waals surface area contributed by atoms with E-state index in [-0.39, 0.29) is 11.4 Å². The number of benzene rings is 1. The van der Waals surface area contributed by atoms with Gasteiger partial charge < -0.3 is 9.84 Å². The molecule has 0 amide bonds. The van der Waals surface area contributed by atoms with Crippen molar-refractivity contribution in [1.29, 1.82) is 0 Å². The molecule has 110 valence electrons. The lowest BCUT2D eigenvalue weighted by Gasteiger charge is -2.12. The van der Waals surface area contributed by atoms with Crippen LogP contribution in [0.1, 0.15) is 34.1 Å². The first-order valence-corrected chi connectivity index (χ1v) is 6.98. The summed E-state index contributed by atoms with van der Waals surface area (Å²) >= 11 is 6.07. The van der Waals surface area contributed by atoms with E-state index in [0.29, 0.717) is 22.0 Å². The Balaban J connectivity index is 2.46. The van der Waals surface area contributed by atoms with Crippen LogP contribution in [0, 0.1) is 13.8 Å². The number of carboxylic acid groups (broad SMARTS) is 1. The van der Waals surface area contributed by atoms with Crippen LogP contribution in [0.4, 0.5) is 0 Å². The molecule has 0 unspecified atom stereocenters. The van der Waals surface area contributed by atoms with Gasteiger partial charge in [-0.25, -0.2) is 9.78 Å². The van der Waals surface area contributed by atoms with Gasteiger partial charge in [-0.2, -0.15) is 0 Å². The first-order chi connectivity index (χ1) is 9.92. The maximum atomic E-state index is 11.4. The largest absolute Gasteiger partial charge is 0.477 e. The molecule has 0 saturated heterocycles. The van der Waals surface area contributed by atoms with Crippen molar-refractivity contribution < 1.29 is 14.6 Å². The van der Waals surface area contributed by atoms with Crippen molar-refractivity contribution in [3.8, 4) is 11.6 Å². The molecule has 0 aliphatic carbocycles. The minimum Gasteiger partial charge on any atom is -0.477 e. The summed E-state index contributed by atoms with van der Waals surface area (Å²) in [6, 6.07) is 6.95. The van der Waals surface area contributed by atoms with Crippen molar-refractivity contribution in [2.45, 2.75) is 27.2 Å².